The normalized spacial score (nSPS) is 37.0. The predicted octanol–water partition coefficient (Wildman–Crippen LogP) is 0.246. The number of nitrogens with one attached hydrogen (secondary N) is 1. The molecule has 2 fully saturated rings. The molecule has 2 rings (SSSR count). The standard InChI is InChI=1S/C11H22N2O2S/c1-13-7-6-9(8-13)12-10-4-3-5-11(10)16(2,14)15/h9-12H,3-8H2,1-2H3. The quantitative estimate of drug-likeness (QED) is 0.775. The van der Waals surface area contributed by atoms with Gasteiger partial charge in [0.25, 0.3) is 0 Å². The van der Waals surface area contributed by atoms with Crippen molar-refractivity contribution in [1.82, 2.24) is 10.2 Å². The molecule has 1 saturated carbocycles. The molecule has 0 bridgehead atoms. The van der Waals surface area contributed by atoms with Crippen molar-refractivity contribution in [3.05, 3.63) is 0 Å². The van der Waals surface area contributed by atoms with E-state index in [1.807, 2.05) is 0 Å². The van der Waals surface area contributed by atoms with E-state index in [0.717, 1.165) is 38.8 Å². The van der Waals surface area contributed by atoms with Crippen LogP contribution in [0.4, 0.5) is 0 Å². The van der Waals surface area contributed by atoms with Crippen molar-refractivity contribution in [1.29, 1.82) is 0 Å². The van der Waals surface area contributed by atoms with E-state index in [9.17, 15) is 8.42 Å². The van der Waals surface area contributed by atoms with Gasteiger partial charge in [0.2, 0.25) is 0 Å². The van der Waals surface area contributed by atoms with Crippen molar-refractivity contribution in [2.24, 2.45) is 0 Å². The third-order valence-corrected chi connectivity index (χ3v) is 5.51. The number of rotatable bonds is 3. The lowest BCUT2D eigenvalue weighted by Gasteiger charge is -2.23. The van der Waals surface area contributed by atoms with Crippen LogP contribution in [0.5, 0.6) is 0 Å². The minimum Gasteiger partial charge on any atom is -0.309 e. The van der Waals surface area contributed by atoms with Crippen LogP contribution in [0.1, 0.15) is 25.7 Å². The molecular weight excluding hydrogens is 224 g/mol. The molecule has 3 atom stereocenters. The zero-order valence-electron chi connectivity index (χ0n) is 10.1. The Morgan fingerprint density at radius 3 is 2.56 bits per heavy atom. The third-order valence-electron chi connectivity index (χ3n) is 3.84. The van der Waals surface area contributed by atoms with Crippen LogP contribution in [0.2, 0.25) is 0 Å². The molecule has 16 heavy (non-hydrogen) atoms. The minimum absolute atomic E-state index is 0.154. The van der Waals surface area contributed by atoms with Gasteiger partial charge in [0.05, 0.1) is 5.25 Å². The summed E-state index contributed by atoms with van der Waals surface area (Å²) >= 11 is 0. The molecule has 3 unspecified atom stereocenters. The van der Waals surface area contributed by atoms with Gasteiger partial charge in [0.15, 0.2) is 9.84 Å². The largest absolute Gasteiger partial charge is 0.309 e. The van der Waals surface area contributed by atoms with Crippen molar-refractivity contribution < 1.29 is 8.42 Å². The van der Waals surface area contributed by atoms with Gasteiger partial charge in [-0.15, -0.1) is 0 Å². The number of likely N-dealkylation sites (N-methyl/N-ethyl adjacent to an activating group) is 1. The Balaban J connectivity index is 1.94. The zero-order chi connectivity index (χ0) is 11.8. The van der Waals surface area contributed by atoms with E-state index in [-0.39, 0.29) is 11.3 Å². The van der Waals surface area contributed by atoms with E-state index in [1.54, 1.807) is 0 Å². The number of hydrogen-bond donors (Lipinski definition) is 1. The molecule has 0 radical (unpaired) electrons. The number of nitrogens with zero attached hydrogens (tertiary/aromatic N) is 1. The lowest BCUT2D eigenvalue weighted by atomic mass is 10.2. The molecular formula is C11H22N2O2S. The van der Waals surface area contributed by atoms with Crippen molar-refractivity contribution >= 4 is 9.84 Å². The number of sulfone groups is 1. The summed E-state index contributed by atoms with van der Waals surface area (Å²) in [5.41, 5.74) is 0. The van der Waals surface area contributed by atoms with Crippen LogP contribution in [0.3, 0.4) is 0 Å². The van der Waals surface area contributed by atoms with Crippen LogP contribution in [0, 0.1) is 0 Å². The molecule has 0 spiro atoms. The van der Waals surface area contributed by atoms with Crippen molar-refractivity contribution in [3.8, 4) is 0 Å². The highest BCUT2D eigenvalue weighted by Crippen LogP contribution is 2.26. The molecule has 0 amide bonds. The summed E-state index contributed by atoms with van der Waals surface area (Å²) in [4.78, 5) is 2.29. The SMILES string of the molecule is CN1CCC(NC2CCCC2S(C)(=O)=O)C1. The fraction of sp³-hybridized carbons (Fsp3) is 1.00. The van der Waals surface area contributed by atoms with E-state index in [0.29, 0.717) is 6.04 Å². The first-order valence-electron chi connectivity index (χ1n) is 6.10. The average molecular weight is 246 g/mol. The van der Waals surface area contributed by atoms with Crippen LogP contribution in [-0.2, 0) is 9.84 Å². The summed E-state index contributed by atoms with van der Waals surface area (Å²) in [5, 5.41) is 3.39. The van der Waals surface area contributed by atoms with Crippen molar-refractivity contribution in [2.45, 2.75) is 43.0 Å². The predicted molar refractivity (Wildman–Crippen MR) is 65.3 cm³/mol. The highest BCUT2D eigenvalue weighted by atomic mass is 32.2. The fourth-order valence-electron chi connectivity index (χ4n) is 3.00. The topological polar surface area (TPSA) is 49.4 Å². The molecule has 1 N–H and O–H groups in total. The zero-order valence-corrected chi connectivity index (χ0v) is 11.0. The molecule has 5 heteroatoms. The summed E-state index contributed by atoms with van der Waals surface area (Å²) in [6, 6.07) is 0.670. The first-order chi connectivity index (χ1) is 7.47. The first kappa shape index (κ1) is 12.3. The second kappa shape index (κ2) is 4.63. The van der Waals surface area contributed by atoms with Gasteiger partial charge in [0, 0.05) is 24.9 Å². The van der Waals surface area contributed by atoms with E-state index in [1.165, 1.54) is 6.26 Å². The molecule has 1 saturated heterocycles. The molecule has 94 valence electrons. The second-order valence-corrected chi connectivity index (χ2v) is 7.58. The maximum atomic E-state index is 11.6. The molecule has 1 heterocycles. The van der Waals surface area contributed by atoms with Gasteiger partial charge in [-0.1, -0.05) is 6.42 Å². The Bertz CT molecular complexity index is 342. The van der Waals surface area contributed by atoms with Gasteiger partial charge in [-0.3, -0.25) is 0 Å². The minimum atomic E-state index is -2.88. The molecule has 0 aromatic heterocycles. The third kappa shape index (κ3) is 2.76. The maximum Gasteiger partial charge on any atom is 0.151 e. The Kier molecular flexibility index (Phi) is 3.56. The van der Waals surface area contributed by atoms with Crippen molar-refractivity contribution in [2.75, 3.05) is 26.4 Å². The maximum absolute atomic E-state index is 11.6. The van der Waals surface area contributed by atoms with Crippen LogP contribution >= 0.6 is 0 Å². The van der Waals surface area contributed by atoms with Gasteiger partial charge in [0.1, 0.15) is 0 Å². The van der Waals surface area contributed by atoms with Gasteiger partial charge >= 0.3 is 0 Å². The first-order valence-corrected chi connectivity index (χ1v) is 8.06. The van der Waals surface area contributed by atoms with Crippen LogP contribution in [0.25, 0.3) is 0 Å². The van der Waals surface area contributed by atoms with Crippen LogP contribution < -0.4 is 5.32 Å². The second-order valence-electron chi connectivity index (χ2n) is 5.32. The molecule has 1 aliphatic heterocycles. The summed E-state index contributed by atoms with van der Waals surface area (Å²) in [7, 11) is -0.768. The van der Waals surface area contributed by atoms with Crippen molar-refractivity contribution in [3.63, 3.8) is 0 Å². The lowest BCUT2D eigenvalue weighted by Crippen LogP contribution is -2.46. The van der Waals surface area contributed by atoms with E-state index < -0.39 is 9.84 Å². The average Bonchev–Trinajstić information content (AvgIpc) is 2.74. The van der Waals surface area contributed by atoms with Crippen LogP contribution in [-0.4, -0.2) is 57.0 Å². The summed E-state index contributed by atoms with van der Waals surface area (Å²) in [5.74, 6) is 0. The Morgan fingerprint density at radius 2 is 2.00 bits per heavy atom. The number of hydrogen-bond acceptors (Lipinski definition) is 4. The Hall–Kier alpha value is -0.130. The molecule has 2 aliphatic rings. The number of likely N-dealkylation sites (tertiary alicyclic amines) is 1. The molecule has 0 aromatic rings. The summed E-state index contributed by atoms with van der Waals surface area (Å²) in [6.45, 7) is 2.17. The van der Waals surface area contributed by atoms with Crippen LogP contribution in [0.15, 0.2) is 0 Å². The highest BCUT2D eigenvalue weighted by molar-refractivity contribution is 7.91. The Morgan fingerprint density at radius 1 is 1.25 bits per heavy atom. The monoisotopic (exact) mass is 246 g/mol. The lowest BCUT2D eigenvalue weighted by molar-refractivity contribution is 0.380. The van der Waals surface area contributed by atoms with Gasteiger partial charge in [-0.2, -0.15) is 0 Å². The smallest absolute Gasteiger partial charge is 0.151 e. The van der Waals surface area contributed by atoms with Gasteiger partial charge < -0.3 is 10.2 Å². The van der Waals surface area contributed by atoms with Gasteiger partial charge in [-0.05, 0) is 32.9 Å². The fourth-order valence-corrected chi connectivity index (χ4v) is 4.41. The van der Waals surface area contributed by atoms with E-state index >= 15 is 0 Å². The molecule has 0 aromatic carbocycles. The molecule has 1 aliphatic carbocycles. The van der Waals surface area contributed by atoms with Gasteiger partial charge in [-0.25, -0.2) is 8.42 Å². The summed E-state index contributed by atoms with van der Waals surface area (Å²) < 4.78 is 23.3. The summed E-state index contributed by atoms with van der Waals surface area (Å²) in [6.07, 6.45) is 5.40. The molecule has 4 nitrogen and oxygen atoms in total. The van der Waals surface area contributed by atoms with E-state index in [2.05, 4.69) is 17.3 Å². The van der Waals surface area contributed by atoms with E-state index in [4.69, 9.17) is 0 Å². The Labute approximate surface area is 98.3 Å². The highest BCUT2D eigenvalue weighted by Gasteiger charge is 2.36.